The molecule has 0 radical (unpaired) electrons. The number of benzene rings is 1. The highest BCUT2D eigenvalue weighted by atomic mass is 16.5. The fourth-order valence-electron chi connectivity index (χ4n) is 2.29. The van der Waals surface area contributed by atoms with E-state index in [1.54, 1.807) is 31.3 Å². The second kappa shape index (κ2) is 6.52. The van der Waals surface area contributed by atoms with Crippen molar-refractivity contribution < 1.29 is 9.84 Å². The quantitative estimate of drug-likeness (QED) is 0.729. The van der Waals surface area contributed by atoms with Gasteiger partial charge in [-0.3, -0.25) is 14.0 Å². The highest BCUT2D eigenvalue weighted by Gasteiger charge is 2.12. The first-order valence-corrected chi connectivity index (χ1v) is 7.26. The molecule has 8 heteroatoms. The minimum atomic E-state index is -0.880. The van der Waals surface area contributed by atoms with Crippen molar-refractivity contribution in [3.8, 4) is 11.8 Å². The summed E-state index contributed by atoms with van der Waals surface area (Å²) in [7, 11) is 1.71. The number of hydrogen-bond acceptors (Lipinski definition) is 6. The second-order valence-electron chi connectivity index (χ2n) is 5.31. The topological polar surface area (TPSA) is 106 Å². The fraction of sp³-hybridized carbons (Fsp3) is 0.250. The maximum atomic E-state index is 12.3. The molecule has 0 saturated carbocycles. The molecule has 2 aromatic heterocycles. The smallest absolute Gasteiger partial charge is 0.264 e. The third-order valence-electron chi connectivity index (χ3n) is 3.55. The van der Waals surface area contributed by atoms with Crippen molar-refractivity contribution >= 4 is 11.0 Å². The van der Waals surface area contributed by atoms with Crippen LogP contribution in [-0.4, -0.2) is 37.1 Å². The predicted octanol–water partition coefficient (Wildman–Crippen LogP) is 0.442. The lowest BCUT2D eigenvalue weighted by Gasteiger charge is -2.13. The van der Waals surface area contributed by atoms with Gasteiger partial charge in [0.2, 0.25) is 0 Å². The highest BCUT2D eigenvalue weighted by molar-refractivity contribution is 5.72. The zero-order valence-electron chi connectivity index (χ0n) is 13.0. The summed E-state index contributed by atoms with van der Waals surface area (Å²) >= 11 is 0. The van der Waals surface area contributed by atoms with Crippen LogP contribution in [0.5, 0.6) is 5.75 Å². The first-order chi connectivity index (χ1) is 11.6. The van der Waals surface area contributed by atoms with Crippen molar-refractivity contribution in [3.05, 3.63) is 52.7 Å². The number of ether oxygens (including phenoxy) is 1. The summed E-state index contributed by atoms with van der Waals surface area (Å²) in [6.45, 7) is 0.0797. The Morgan fingerprint density at radius 3 is 2.83 bits per heavy atom. The summed E-state index contributed by atoms with van der Waals surface area (Å²) in [4.78, 5) is 16.5. The van der Waals surface area contributed by atoms with E-state index < -0.39 is 6.10 Å². The van der Waals surface area contributed by atoms with Gasteiger partial charge in [-0.15, -0.1) is 0 Å². The summed E-state index contributed by atoms with van der Waals surface area (Å²) in [5, 5.41) is 23.2. The number of aliphatic hydroxyl groups excluding tert-OH is 1. The maximum Gasteiger partial charge on any atom is 0.264 e. The van der Waals surface area contributed by atoms with Crippen LogP contribution in [0.4, 0.5) is 0 Å². The number of rotatable bonds is 5. The normalized spacial score (nSPS) is 12.0. The Morgan fingerprint density at radius 2 is 2.12 bits per heavy atom. The van der Waals surface area contributed by atoms with E-state index in [-0.39, 0.29) is 18.7 Å². The van der Waals surface area contributed by atoms with E-state index in [1.807, 2.05) is 6.07 Å². The molecule has 0 amide bonds. The van der Waals surface area contributed by atoms with Crippen LogP contribution >= 0.6 is 0 Å². The molecule has 3 aromatic rings. The summed E-state index contributed by atoms with van der Waals surface area (Å²) in [5.74, 6) is 0.543. The third-order valence-corrected chi connectivity index (χ3v) is 3.55. The molecule has 0 aliphatic carbocycles. The minimum absolute atomic E-state index is 0.0173. The van der Waals surface area contributed by atoms with Crippen LogP contribution in [0.2, 0.25) is 0 Å². The molecule has 3 rings (SSSR count). The van der Waals surface area contributed by atoms with Gasteiger partial charge in [0.1, 0.15) is 30.2 Å². The average molecular weight is 325 g/mol. The molecule has 122 valence electrons. The molecule has 1 aromatic carbocycles. The van der Waals surface area contributed by atoms with E-state index in [4.69, 9.17) is 10.00 Å². The zero-order valence-corrected chi connectivity index (χ0v) is 13.0. The molecule has 1 unspecified atom stereocenters. The van der Waals surface area contributed by atoms with Crippen molar-refractivity contribution in [2.75, 3.05) is 6.61 Å². The average Bonchev–Trinajstić information content (AvgIpc) is 2.98. The van der Waals surface area contributed by atoms with Gasteiger partial charge in [-0.2, -0.15) is 10.4 Å². The van der Waals surface area contributed by atoms with Crippen LogP contribution < -0.4 is 10.3 Å². The summed E-state index contributed by atoms with van der Waals surface area (Å²) < 4.78 is 8.31. The fourth-order valence-corrected chi connectivity index (χ4v) is 2.29. The van der Waals surface area contributed by atoms with Crippen LogP contribution in [0.1, 0.15) is 5.56 Å². The van der Waals surface area contributed by atoms with Crippen LogP contribution in [0.25, 0.3) is 11.0 Å². The monoisotopic (exact) mass is 325 g/mol. The number of aromatic nitrogens is 4. The van der Waals surface area contributed by atoms with E-state index >= 15 is 0 Å². The molecule has 8 nitrogen and oxygen atoms in total. The van der Waals surface area contributed by atoms with E-state index in [2.05, 4.69) is 10.1 Å². The predicted molar refractivity (Wildman–Crippen MR) is 85.4 cm³/mol. The number of nitrogens with zero attached hydrogens (tertiary/aromatic N) is 5. The van der Waals surface area contributed by atoms with Crippen LogP contribution in [0, 0.1) is 11.3 Å². The molecular weight excluding hydrogens is 310 g/mol. The molecule has 24 heavy (non-hydrogen) atoms. The molecule has 1 atom stereocenters. The molecule has 1 N–H and O–H groups in total. The Kier molecular flexibility index (Phi) is 4.26. The standard InChI is InChI=1S/C16H15N5O3/c1-20-15-14(7-19-20)16(23)21(10-18-15)8-12(22)9-24-13-4-2-11(6-17)3-5-13/h2-5,7,10,12,22H,8-9H2,1H3. The van der Waals surface area contributed by atoms with Gasteiger partial charge in [-0.25, -0.2) is 4.98 Å². The van der Waals surface area contributed by atoms with Crippen molar-refractivity contribution in [2.24, 2.45) is 7.05 Å². The summed E-state index contributed by atoms with van der Waals surface area (Å²) in [6, 6.07) is 8.59. The number of aliphatic hydroxyl groups is 1. The molecule has 0 fully saturated rings. The van der Waals surface area contributed by atoms with E-state index in [9.17, 15) is 9.90 Å². The molecular formula is C16H15N5O3. The lowest BCUT2D eigenvalue weighted by molar-refractivity contribution is 0.0915. The third kappa shape index (κ3) is 3.11. The SMILES string of the molecule is Cn1ncc2c(=O)n(CC(O)COc3ccc(C#N)cc3)cnc21. The minimum Gasteiger partial charge on any atom is -0.491 e. The lowest BCUT2D eigenvalue weighted by Crippen LogP contribution is -2.30. The van der Waals surface area contributed by atoms with Crippen molar-refractivity contribution in [1.29, 1.82) is 5.26 Å². The van der Waals surface area contributed by atoms with E-state index in [0.717, 1.165) is 0 Å². The molecule has 0 bridgehead atoms. The van der Waals surface area contributed by atoms with Crippen LogP contribution in [0.3, 0.4) is 0 Å². The van der Waals surface area contributed by atoms with E-state index in [0.29, 0.717) is 22.3 Å². The summed E-state index contributed by atoms with van der Waals surface area (Å²) in [5.41, 5.74) is 0.774. The highest BCUT2D eigenvalue weighted by Crippen LogP contribution is 2.12. The molecule has 0 aliphatic rings. The largest absolute Gasteiger partial charge is 0.491 e. The van der Waals surface area contributed by atoms with Gasteiger partial charge in [-0.05, 0) is 24.3 Å². The molecule has 0 saturated heterocycles. The second-order valence-corrected chi connectivity index (χ2v) is 5.31. The van der Waals surface area contributed by atoms with Crippen molar-refractivity contribution in [3.63, 3.8) is 0 Å². The molecule has 0 aliphatic heterocycles. The Balaban J connectivity index is 1.66. The van der Waals surface area contributed by atoms with Crippen molar-refractivity contribution in [2.45, 2.75) is 12.6 Å². The Morgan fingerprint density at radius 1 is 1.38 bits per heavy atom. The molecule has 2 heterocycles. The van der Waals surface area contributed by atoms with Gasteiger partial charge in [0.15, 0.2) is 5.65 Å². The Hall–Kier alpha value is -3.18. The number of aryl methyl sites for hydroxylation is 1. The maximum absolute atomic E-state index is 12.3. The van der Waals surface area contributed by atoms with Gasteiger partial charge < -0.3 is 9.84 Å². The van der Waals surface area contributed by atoms with Gasteiger partial charge in [-0.1, -0.05) is 0 Å². The lowest BCUT2D eigenvalue weighted by atomic mass is 10.2. The Labute approximate surface area is 137 Å². The number of hydrogen-bond donors (Lipinski definition) is 1. The first-order valence-electron chi connectivity index (χ1n) is 7.26. The van der Waals surface area contributed by atoms with Gasteiger partial charge in [0.05, 0.1) is 24.4 Å². The number of nitriles is 1. The van der Waals surface area contributed by atoms with Gasteiger partial charge in [0, 0.05) is 7.05 Å². The summed E-state index contributed by atoms with van der Waals surface area (Å²) in [6.07, 6.45) is 1.97. The van der Waals surface area contributed by atoms with Crippen LogP contribution in [-0.2, 0) is 13.6 Å². The Bertz CT molecular complexity index is 952. The molecule has 0 spiro atoms. The van der Waals surface area contributed by atoms with Crippen LogP contribution in [0.15, 0.2) is 41.6 Å². The van der Waals surface area contributed by atoms with Gasteiger partial charge in [0.25, 0.3) is 5.56 Å². The zero-order chi connectivity index (χ0) is 17.1. The van der Waals surface area contributed by atoms with Gasteiger partial charge >= 0.3 is 0 Å². The van der Waals surface area contributed by atoms with Crippen molar-refractivity contribution in [1.82, 2.24) is 19.3 Å². The number of fused-ring (bicyclic) bond motifs is 1. The van der Waals surface area contributed by atoms with E-state index in [1.165, 1.54) is 21.8 Å². The first kappa shape index (κ1) is 15.7.